The average Bonchev–Trinajstić information content (AvgIpc) is 2.57. The standard InChI is InChI=1S/C18H18O4/c1-18(12-13-21-14-19,16-10-6-3-7-11-16)22-17(20)15-8-4-2-5-9-15/h2-11,14H,12-13H2,1H3. The lowest BCUT2D eigenvalue weighted by atomic mass is 9.92. The molecule has 0 aliphatic heterocycles. The minimum Gasteiger partial charge on any atom is -0.468 e. The summed E-state index contributed by atoms with van der Waals surface area (Å²) in [4.78, 5) is 22.7. The highest BCUT2D eigenvalue weighted by Gasteiger charge is 2.31. The molecule has 0 aromatic heterocycles. The van der Waals surface area contributed by atoms with Gasteiger partial charge < -0.3 is 9.47 Å². The topological polar surface area (TPSA) is 52.6 Å². The lowest BCUT2D eigenvalue weighted by Gasteiger charge is -2.30. The lowest BCUT2D eigenvalue weighted by Crippen LogP contribution is -2.30. The van der Waals surface area contributed by atoms with Crippen molar-refractivity contribution in [3.8, 4) is 0 Å². The van der Waals surface area contributed by atoms with E-state index in [9.17, 15) is 9.59 Å². The molecule has 4 heteroatoms. The van der Waals surface area contributed by atoms with Gasteiger partial charge in [-0.25, -0.2) is 4.79 Å². The maximum Gasteiger partial charge on any atom is 0.339 e. The molecule has 2 aromatic rings. The third-order valence-corrected chi connectivity index (χ3v) is 3.48. The molecular weight excluding hydrogens is 280 g/mol. The molecule has 0 saturated heterocycles. The summed E-state index contributed by atoms with van der Waals surface area (Å²) in [5, 5.41) is 0. The Kier molecular flexibility index (Phi) is 5.31. The van der Waals surface area contributed by atoms with Gasteiger partial charge in [0.05, 0.1) is 12.2 Å². The maximum absolute atomic E-state index is 12.3. The van der Waals surface area contributed by atoms with Crippen LogP contribution in [0.15, 0.2) is 60.7 Å². The summed E-state index contributed by atoms with van der Waals surface area (Å²) in [6.07, 6.45) is 0.383. The Balaban J connectivity index is 2.21. The van der Waals surface area contributed by atoms with E-state index in [1.165, 1.54) is 0 Å². The molecule has 0 amide bonds. The van der Waals surface area contributed by atoms with Gasteiger partial charge in [-0.05, 0) is 24.6 Å². The molecule has 0 heterocycles. The fraction of sp³-hybridized carbons (Fsp3) is 0.222. The summed E-state index contributed by atoms with van der Waals surface area (Å²) in [6, 6.07) is 18.2. The SMILES string of the molecule is CC(CCOC=O)(OC(=O)c1ccccc1)c1ccccc1. The summed E-state index contributed by atoms with van der Waals surface area (Å²) in [7, 11) is 0. The summed E-state index contributed by atoms with van der Waals surface area (Å²) >= 11 is 0. The molecule has 114 valence electrons. The van der Waals surface area contributed by atoms with Crippen molar-refractivity contribution in [2.45, 2.75) is 18.9 Å². The van der Waals surface area contributed by atoms with Gasteiger partial charge in [0.25, 0.3) is 6.47 Å². The van der Waals surface area contributed by atoms with E-state index in [0.29, 0.717) is 18.5 Å². The average molecular weight is 298 g/mol. The normalized spacial score (nSPS) is 13.0. The van der Waals surface area contributed by atoms with Gasteiger partial charge in [-0.2, -0.15) is 0 Å². The second-order valence-corrected chi connectivity index (χ2v) is 5.07. The molecule has 0 fully saturated rings. The Morgan fingerprint density at radius 3 is 2.23 bits per heavy atom. The summed E-state index contributed by atoms with van der Waals surface area (Å²) in [6.45, 7) is 2.39. The Labute approximate surface area is 129 Å². The summed E-state index contributed by atoms with van der Waals surface area (Å²) in [5.41, 5.74) is 0.478. The first-order chi connectivity index (χ1) is 10.7. The first kappa shape index (κ1) is 15.8. The van der Waals surface area contributed by atoms with Crippen molar-refractivity contribution in [3.63, 3.8) is 0 Å². The van der Waals surface area contributed by atoms with Crippen LogP contribution in [0.5, 0.6) is 0 Å². The summed E-state index contributed by atoms with van der Waals surface area (Å²) < 4.78 is 10.5. The first-order valence-electron chi connectivity index (χ1n) is 7.05. The predicted molar refractivity (Wildman–Crippen MR) is 82.3 cm³/mol. The van der Waals surface area contributed by atoms with Crippen molar-refractivity contribution in [3.05, 3.63) is 71.8 Å². The highest BCUT2D eigenvalue weighted by molar-refractivity contribution is 5.89. The van der Waals surface area contributed by atoms with Crippen molar-refractivity contribution in [1.29, 1.82) is 0 Å². The van der Waals surface area contributed by atoms with Crippen molar-refractivity contribution in [1.82, 2.24) is 0 Å². The Hall–Kier alpha value is -2.62. The highest BCUT2D eigenvalue weighted by Crippen LogP contribution is 2.30. The largest absolute Gasteiger partial charge is 0.468 e. The van der Waals surface area contributed by atoms with Crippen LogP contribution >= 0.6 is 0 Å². The fourth-order valence-corrected chi connectivity index (χ4v) is 2.18. The number of carbonyl (C=O) groups excluding carboxylic acids is 2. The van der Waals surface area contributed by atoms with Gasteiger partial charge in [-0.3, -0.25) is 4.79 Å². The Morgan fingerprint density at radius 2 is 1.64 bits per heavy atom. The Morgan fingerprint density at radius 1 is 1.05 bits per heavy atom. The monoisotopic (exact) mass is 298 g/mol. The summed E-state index contributed by atoms with van der Waals surface area (Å²) in [5.74, 6) is -0.405. The number of carbonyl (C=O) groups is 2. The van der Waals surface area contributed by atoms with Gasteiger partial charge in [-0.1, -0.05) is 48.5 Å². The van der Waals surface area contributed by atoms with Crippen LogP contribution in [0.3, 0.4) is 0 Å². The minimum atomic E-state index is -0.864. The number of rotatable bonds is 7. The van der Waals surface area contributed by atoms with Gasteiger partial charge in [0.15, 0.2) is 0 Å². The molecule has 22 heavy (non-hydrogen) atoms. The van der Waals surface area contributed by atoms with Gasteiger partial charge in [0, 0.05) is 6.42 Å². The molecule has 2 rings (SSSR count). The number of esters is 1. The molecular formula is C18H18O4. The third-order valence-electron chi connectivity index (χ3n) is 3.48. The van der Waals surface area contributed by atoms with Crippen LogP contribution in [0.1, 0.15) is 29.3 Å². The predicted octanol–water partition coefficient (Wildman–Crippen LogP) is 3.32. The van der Waals surface area contributed by atoms with Crippen molar-refractivity contribution in [2.75, 3.05) is 6.61 Å². The minimum absolute atomic E-state index is 0.178. The van der Waals surface area contributed by atoms with Crippen LogP contribution in [0.25, 0.3) is 0 Å². The number of ether oxygens (including phenoxy) is 2. The van der Waals surface area contributed by atoms with E-state index in [1.54, 1.807) is 24.3 Å². The number of benzene rings is 2. The van der Waals surface area contributed by atoms with E-state index in [0.717, 1.165) is 5.56 Å². The van der Waals surface area contributed by atoms with E-state index in [-0.39, 0.29) is 6.61 Å². The van der Waals surface area contributed by atoms with Crippen LogP contribution in [0.2, 0.25) is 0 Å². The lowest BCUT2D eigenvalue weighted by molar-refractivity contribution is -0.130. The molecule has 4 nitrogen and oxygen atoms in total. The molecule has 1 unspecified atom stereocenters. The van der Waals surface area contributed by atoms with Gasteiger partial charge in [0.2, 0.25) is 0 Å². The first-order valence-corrected chi connectivity index (χ1v) is 7.05. The van der Waals surface area contributed by atoms with E-state index in [4.69, 9.17) is 9.47 Å². The zero-order valence-corrected chi connectivity index (χ0v) is 12.4. The van der Waals surface area contributed by atoms with Gasteiger partial charge in [-0.15, -0.1) is 0 Å². The molecule has 0 bridgehead atoms. The molecule has 0 saturated carbocycles. The number of hydrogen-bond acceptors (Lipinski definition) is 4. The van der Waals surface area contributed by atoms with E-state index in [1.807, 2.05) is 43.3 Å². The molecule has 0 aliphatic carbocycles. The van der Waals surface area contributed by atoms with Crippen LogP contribution in [0.4, 0.5) is 0 Å². The van der Waals surface area contributed by atoms with Gasteiger partial charge >= 0.3 is 5.97 Å². The van der Waals surface area contributed by atoms with Crippen molar-refractivity contribution >= 4 is 12.4 Å². The smallest absolute Gasteiger partial charge is 0.339 e. The second kappa shape index (κ2) is 7.41. The zero-order valence-electron chi connectivity index (χ0n) is 12.4. The third kappa shape index (κ3) is 3.95. The quantitative estimate of drug-likeness (QED) is 0.447. The molecule has 0 aliphatic rings. The second-order valence-electron chi connectivity index (χ2n) is 5.07. The highest BCUT2D eigenvalue weighted by atomic mass is 16.6. The van der Waals surface area contributed by atoms with Crippen molar-refractivity contribution < 1.29 is 19.1 Å². The van der Waals surface area contributed by atoms with Crippen LogP contribution in [-0.2, 0) is 19.9 Å². The van der Waals surface area contributed by atoms with Crippen LogP contribution < -0.4 is 0 Å². The molecule has 2 aromatic carbocycles. The van der Waals surface area contributed by atoms with E-state index >= 15 is 0 Å². The van der Waals surface area contributed by atoms with Gasteiger partial charge in [0.1, 0.15) is 5.60 Å². The van der Waals surface area contributed by atoms with Crippen LogP contribution in [0, 0.1) is 0 Å². The zero-order chi connectivity index (χ0) is 15.8. The Bertz CT molecular complexity index is 609. The maximum atomic E-state index is 12.3. The van der Waals surface area contributed by atoms with Crippen LogP contribution in [-0.4, -0.2) is 19.0 Å². The van der Waals surface area contributed by atoms with E-state index < -0.39 is 11.6 Å². The molecule has 0 spiro atoms. The molecule has 0 radical (unpaired) electrons. The van der Waals surface area contributed by atoms with Crippen molar-refractivity contribution in [2.24, 2.45) is 0 Å². The van der Waals surface area contributed by atoms with E-state index in [2.05, 4.69) is 0 Å². The molecule has 0 N–H and O–H groups in total. The number of hydrogen-bond donors (Lipinski definition) is 0. The fourth-order valence-electron chi connectivity index (χ4n) is 2.18. The molecule has 1 atom stereocenters.